The van der Waals surface area contributed by atoms with Crippen LogP contribution in [-0.2, 0) is 4.79 Å². The molecular formula is C31H25ClN4O2S2. The van der Waals surface area contributed by atoms with E-state index in [4.69, 9.17) is 28.2 Å². The number of hydrogen-bond acceptors (Lipinski definition) is 5. The molecule has 6 rings (SSSR count). The number of fused-ring (bicyclic) bond motifs is 1. The highest BCUT2D eigenvalue weighted by molar-refractivity contribution is 7.99. The van der Waals surface area contributed by atoms with Crippen molar-refractivity contribution in [2.75, 3.05) is 11.9 Å². The smallest absolute Gasteiger partial charge is 0.226 e. The molecule has 9 heteroatoms. The lowest BCUT2D eigenvalue weighted by atomic mass is 10.0. The Morgan fingerprint density at radius 3 is 2.62 bits per heavy atom. The minimum atomic E-state index is -0.271. The number of thiocarbonyl (C=S) groups is 1. The van der Waals surface area contributed by atoms with Gasteiger partial charge < -0.3 is 20.0 Å². The highest BCUT2D eigenvalue weighted by Gasteiger charge is 2.41. The van der Waals surface area contributed by atoms with Crippen LogP contribution in [0.1, 0.15) is 30.0 Å². The molecule has 40 heavy (non-hydrogen) atoms. The number of anilines is 1. The molecule has 1 aliphatic heterocycles. The lowest BCUT2D eigenvalue weighted by Crippen LogP contribution is -2.32. The molecule has 0 spiro atoms. The van der Waals surface area contributed by atoms with Crippen LogP contribution in [0.15, 0.2) is 118 Å². The van der Waals surface area contributed by atoms with E-state index in [0.717, 1.165) is 37.9 Å². The maximum atomic E-state index is 13.1. The number of nitrogens with one attached hydrogen (secondary N) is 2. The Morgan fingerprint density at radius 2 is 1.80 bits per heavy atom. The number of carbonyl (C=O) groups is 1. The second-order valence-corrected chi connectivity index (χ2v) is 11.3. The molecule has 1 saturated heterocycles. The Kier molecular flexibility index (Phi) is 7.73. The first-order chi connectivity index (χ1) is 19.5. The van der Waals surface area contributed by atoms with Gasteiger partial charge in [-0.3, -0.25) is 9.78 Å². The Hall–Kier alpha value is -3.85. The van der Waals surface area contributed by atoms with Crippen LogP contribution in [0.3, 0.4) is 0 Å². The molecule has 6 nitrogen and oxygen atoms in total. The summed E-state index contributed by atoms with van der Waals surface area (Å²) in [6.45, 7) is 0.413. The number of nitrogens with zero attached hydrogens (tertiary/aromatic N) is 2. The number of rotatable bonds is 8. The average molecular weight is 585 g/mol. The number of furan rings is 1. The van der Waals surface area contributed by atoms with Crippen molar-refractivity contribution in [2.45, 2.75) is 28.5 Å². The third-order valence-electron chi connectivity index (χ3n) is 6.77. The molecule has 3 heterocycles. The molecule has 200 valence electrons. The highest BCUT2D eigenvalue weighted by atomic mass is 35.5. The van der Waals surface area contributed by atoms with Crippen LogP contribution >= 0.6 is 35.6 Å². The van der Waals surface area contributed by atoms with Crippen LogP contribution in [0, 0.1) is 0 Å². The van der Waals surface area contributed by atoms with Gasteiger partial charge in [0.2, 0.25) is 5.91 Å². The second-order valence-electron chi connectivity index (χ2n) is 9.36. The standard InChI is InChI=1S/C31H25ClN4O2S2/c32-21-11-13-22(14-12-21)40-28-16-15-26(38-28)30-29(25-9-3-4-18-33-25)35-31(39)36(30)19-17-27(37)34-24-10-5-7-20-6-1-2-8-23(20)24/h1-16,18,29-30H,17,19H2,(H,34,37)(H,35,39)/t29-,30-/m1/s1. The van der Waals surface area contributed by atoms with Gasteiger partial charge in [0.1, 0.15) is 11.8 Å². The first-order valence-corrected chi connectivity index (χ1v) is 14.4. The molecule has 1 amide bonds. The Bertz CT molecular complexity index is 1650. The zero-order valence-electron chi connectivity index (χ0n) is 21.3. The van der Waals surface area contributed by atoms with Crippen molar-refractivity contribution in [3.8, 4) is 0 Å². The summed E-state index contributed by atoms with van der Waals surface area (Å²) in [5, 5.41) is 10.6. The highest BCUT2D eigenvalue weighted by Crippen LogP contribution is 2.41. The van der Waals surface area contributed by atoms with Gasteiger partial charge in [0, 0.05) is 40.2 Å². The van der Waals surface area contributed by atoms with Gasteiger partial charge in [-0.05, 0) is 72.2 Å². The van der Waals surface area contributed by atoms with Crippen molar-refractivity contribution in [1.29, 1.82) is 0 Å². The van der Waals surface area contributed by atoms with Gasteiger partial charge in [0.25, 0.3) is 0 Å². The van der Waals surface area contributed by atoms with E-state index in [0.29, 0.717) is 16.7 Å². The minimum Gasteiger partial charge on any atom is -0.452 e. The van der Waals surface area contributed by atoms with Gasteiger partial charge in [-0.2, -0.15) is 0 Å². The molecule has 0 aliphatic carbocycles. The Labute approximate surface area is 246 Å². The number of hydrogen-bond donors (Lipinski definition) is 2. The molecule has 2 aromatic heterocycles. The fourth-order valence-corrected chi connectivity index (χ4v) is 6.13. The van der Waals surface area contributed by atoms with E-state index in [9.17, 15) is 4.79 Å². The number of aromatic nitrogens is 1. The predicted molar refractivity (Wildman–Crippen MR) is 164 cm³/mol. The van der Waals surface area contributed by atoms with E-state index >= 15 is 0 Å². The minimum absolute atomic E-state index is 0.0855. The van der Waals surface area contributed by atoms with Crippen LogP contribution in [0.2, 0.25) is 5.02 Å². The molecule has 3 aromatic carbocycles. The van der Waals surface area contributed by atoms with Crippen molar-refractivity contribution in [3.05, 3.63) is 120 Å². The number of carbonyl (C=O) groups excluding carboxylic acids is 1. The molecule has 1 aliphatic rings. The fraction of sp³-hybridized carbons (Fsp3) is 0.129. The van der Waals surface area contributed by atoms with Crippen molar-refractivity contribution in [2.24, 2.45) is 0 Å². The summed E-state index contributed by atoms with van der Waals surface area (Å²) in [6, 6.07) is 30.8. The van der Waals surface area contributed by atoms with Gasteiger partial charge in [-0.25, -0.2) is 0 Å². The zero-order valence-corrected chi connectivity index (χ0v) is 23.7. The van der Waals surface area contributed by atoms with Crippen molar-refractivity contribution in [1.82, 2.24) is 15.2 Å². The van der Waals surface area contributed by atoms with Crippen molar-refractivity contribution < 1.29 is 9.21 Å². The molecule has 1 fully saturated rings. The topological polar surface area (TPSA) is 70.4 Å². The maximum Gasteiger partial charge on any atom is 0.226 e. The van der Waals surface area contributed by atoms with Gasteiger partial charge >= 0.3 is 0 Å². The molecule has 0 bridgehead atoms. The van der Waals surface area contributed by atoms with E-state index in [1.165, 1.54) is 11.8 Å². The van der Waals surface area contributed by atoms with E-state index in [1.54, 1.807) is 6.20 Å². The molecule has 0 unspecified atom stereocenters. The third-order valence-corrected chi connectivity index (χ3v) is 8.30. The number of amides is 1. The van der Waals surface area contributed by atoms with E-state index in [2.05, 4.69) is 15.6 Å². The third kappa shape index (κ3) is 5.70. The summed E-state index contributed by atoms with van der Waals surface area (Å²) in [5.41, 5.74) is 1.64. The number of pyridine rings is 1. The summed E-state index contributed by atoms with van der Waals surface area (Å²) in [4.78, 5) is 20.7. The van der Waals surface area contributed by atoms with Crippen LogP contribution in [0.4, 0.5) is 5.69 Å². The molecule has 0 radical (unpaired) electrons. The number of halogens is 1. The summed E-state index contributed by atoms with van der Waals surface area (Å²) >= 11 is 13.3. The van der Waals surface area contributed by atoms with Gasteiger partial charge in [0.05, 0.1) is 11.7 Å². The lowest BCUT2D eigenvalue weighted by Gasteiger charge is -2.25. The van der Waals surface area contributed by atoms with Gasteiger partial charge in [0.15, 0.2) is 10.2 Å². The summed E-state index contributed by atoms with van der Waals surface area (Å²) in [5.74, 6) is 0.659. The summed E-state index contributed by atoms with van der Waals surface area (Å²) in [7, 11) is 0. The zero-order chi connectivity index (χ0) is 27.5. The SMILES string of the molecule is O=C(CCN1C(=S)N[C@H](c2ccccn2)[C@H]1c1ccc(Sc2ccc(Cl)cc2)o1)Nc1cccc2ccccc12. The predicted octanol–water partition coefficient (Wildman–Crippen LogP) is 7.63. The monoisotopic (exact) mass is 584 g/mol. The second kappa shape index (κ2) is 11.7. The first-order valence-electron chi connectivity index (χ1n) is 12.8. The molecular weight excluding hydrogens is 560 g/mol. The lowest BCUT2D eigenvalue weighted by molar-refractivity contribution is -0.116. The normalized spacial score (nSPS) is 16.7. The molecule has 5 aromatic rings. The van der Waals surface area contributed by atoms with Crippen LogP contribution < -0.4 is 10.6 Å². The van der Waals surface area contributed by atoms with Gasteiger partial charge in [-0.1, -0.05) is 65.8 Å². The Morgan fingerprint density at radius 1 is 1.00 bits per heavy atom. The first kappa shape index (κ1) is 26.4. The van der Waals surface area contributed by atoms with Crippen molar-refractivity contribution in [3.63, 3.8) is 0 Å². The van der Waals surface area contributed by atoms with Crippen molar-refractivity contribution >= 4 is 63.1 Å². The number of benzene rings is 3. The molecule has 2 N–H and O–H groups in total. The molecule has 2 atom stereocenters. The Balaban J connectivity index is 1.22. The maximum absolute atomic E-state index is 13.1. The fourth-order valence-electron chi connectivity index (χ4n) is 4.89. The van der Waals surface area contributed by atoms with Crippen LogP contribution in [0.5, 0.6) is 0 Å². The van der Waals surface area contributed by atoms with Gasteiger partial charge in [-0.15, -0.1) is 0 Å². The van der Waals surface area contributed by atoms with Crippen LogP contribution in [0.25, 0.3) is 10.8 Å². The van der Waals surface area contributed by atoms with E-state index in [1.807, 2.05) is 102 Å². The quantitative estimate of drug-likeness (QED) is 0.182. The van der Waals surface area contributed by atoms with E-state index < -0.39 is 0 Å². The van der Waals surface area contributed by atoms with Crippen LogP contribution in [-0.4, -0.2) is 27.4 Å². The summed E-state index contributed by atoms with van der Waals surface area (Å²) < 4.78 is 6.34. The average Bonchev–Trinajstić information content (AvgIpc) is 3.57. The molecule has 0 saturated carbocycles. The van der Waals surface area contributed by atoms with E-state index in [-0.39, 0.29) is 24.4 Å². The summed E-state index contributed by atoms with van der Waals surface area (Å²) in [6.07, 6.45) is 2.02. The largest absolute Gasteiger partial charge is 0.452 e.